The topological polar surface area (TPSA) is 41.1 Å². The lowest BCUT2D eigenvalue weighted by Crippen LogP contribution is -2.32. The molecule has 0 aromatic heterocycles. The van der Waals surface area contributed by atoms with Crippen LogP contribution in [0.5, 0.6) is 0 Å². The predicted molar refractivity (Wildman–Crippen MR) is 75.9 cm³/mol. The number of amides is 1. The summed E-state index contributed by atoms with van der Waals surface area (Å²) in [6.45, 7) is 3.71. The van der Waals surface area contributed by atoms with E-state index in [9.17, 15) is 4.79 Å². The maximum Gasteiger partial charge on any atom is 0.258 e. The Bertz CT molecular complexity index is 647. The zero-order valence-electron chi connectivity index (χ0n) is 10.4. The Balaban J connectivity index is 1.91. The Hall–Kier alpha value is -2.55. The van der Waals surface area contributed by atoms with Gasteiger partial charge in [-0.2, -0.15) is 0 Å². The summed E-state index contributed by atoms with van der Waals surface area (Å²) in [6.07, 6.45) is 0.822. The second-order valence-corrected chi connectivity index (χ2v) is 4.60. The van der Waals surface area contributed by atoms with E-state index < -0.39 is 0 Å². The zero-order valence-corrected chi connectivity index (χ0v) is 10.4. The minimum Gasteiger partial charge on any atom is -0.342 e. The predicted octanol–water partition coefficient (Wildman–Crippen LogP) is 2.90. The van der Waals surface area contributed by atoms with Crippen LogP contribution in [0.2, 0.25) is 0 Å². The Morgan fingerprint density at radius 2 is 1.74 bits per heavy atom. The summed E-state index contributed by atoms with van der Waals surface area (Å²) in [5, 5.41) is 5.74. The smallest absolute Gasteiger partial charge is 0.258 e. The van der Waals surface area contributed by atoms with Gasteiger partial charge in [0, 0.05) is 0 Å². The van der Waals surface area contributed by atoms with Gasteiger partial charge in [0.1, 0.15) is 5.82 Å². The molecule has 3 heteroatoms. The van der Waals surface area contributed by atoms with E-state index in [-0.39, 0.29) is 5.91 Å². The van der Waals surface area contributed by atoms with Gasteiger partial charge in [0.05, 0.1) is 11.3 Å². The first-order valence-corrected chi connectivity index (χ1v) is 6.16. The molecular formula is C16H14N2O. The number of carbonyl (C=O) groups excluding carboxylic acids is 1. The molecule has 0 saturated carbocycles. The molecule has 0 aliphatic carbocycles. The van der Waals surface area contributed by atoms with Crippen molar-refractivity contribution in [2.75, 3.05) is 5.32 Å². The second-order valence-electron chi connectivity index (χ2n) is 4.60. The van der Waals surface area contributed by atoms with E-state index in [1.54, 1.807) is 0 Å². The number of rotatable bonds is 2. The van der Waals surface area contributed by atoms with Gasteiger partial charge in [-0.05, 0) is 29.7 Å². The third-order valence-corrected chi connectivity index (χ3v) is 3.13. The lowest BCUT2D eigenvalue weighted by atomic mass is 10.0. The van der Waals surface area contributed by atoms with Crippen LogP contribution in [-0.4, -0.2) is 5.91 Å². The van der Waals surface area contributed by atoms with Gasteiger partial charge in [0.2, 0.25) is 0 Å². The van der Waals surface area contributed by atoms with Crippen LogP contribution in [0.25, 0.3) is 0 Å². The summed E-state index contributed by atoms with van der Waals surface area (Å²) in [6, 6.07) is 16.1. The molecule has 2 aromatic rings. The normalized spacial score (nSPS) is 13.5. The van der Waals surface area contributed by atoms with Crippen molar-refractivity contribution in [3.8, 4) is 0 Å². The highest BCUT2D eigenvalue weighted by atomic mass is 16.1. The highest BCUT2D eigenvalue weighted by Gasteiger charge is 2.18. The second kappa shape index (κ2) is 4.61. The van der Waals surface area contributed by atoms with Gasteiger partial charge in [-0.15, -0.1) is 0 Å². The first-order valence-electron chi connectivity index (χ1n) is 6.16. The standard InChI is InChI=1S/C16H14N2O/c1-11-17-15-8-7-13(10-14(15)16(19)18-11)9-12-5-3-2-4-6-12/h2-8,10,17H,1,9H2,(H,18,19). The molecule has 3 nitrogen and oxygen atoms in total. The molecule has 3 rings (SSSR count). The SMILES string of the molecule is C=C1NC(=O)c2cc(Cc3ccccc3)ccc2N1. The first kappa shape index (κ1) is 11.5. The summed E-state index contributed by atoms with van der Waals surface area (Å²) in [7, 11) is 0. The quantitative estimate of drug-likeness (QED) is 0.860. The molecule has 1 aliphatic rings. The first-order chi connectivity index (χ1) is 9.22. The third-order valence-electron chi connectivity index (χ3n) is 3.13. The van der Waals surface area contributed by atoms with Crippen molar-refractivity contribution in [3.05, 3.63) is 77.6 Å². The monoisotopic (exact) mass is 250 g/mol. The number of benzene rings is 2. The van der Waals surface area contributed by atoms with E-state index in [2.05, 4.69) is 29.3 Å². The molecule has 94 valence electrons. The Kier molecular flexibility index (Phi) is 2.80. The zero-order chi connectivity index (χ0) is 13.2. The minimum atomic E-state index is -0.103. The molecule has 0 unspecified atom stereocenters. The van der Waals surface area contributed by atoms with Crippen molar-refractivity contribution in [2.24, 2.45) is 0 Å². The fourth-order valence-corrected chi connectivity index (χ4v) is 2.23. The van der Waals surface area contributed by atoms with E-state index >= 15 is 0 Å². The molecule has 2 aromatic carbocycles. The van der Waals surface area contributed by atoms with E-state index in [1.807, 2.05) is 36.4 Å². The number of hydrogen-bond donors (Lipinski definition) is 2. The number of anilines is 1. The summed E-state index contributed by atoms with van der Waals surface area (Å²) < 4.78 is 0. The van der Waals surface area contributed by atoms with Crippen molar-refractivity contribution >= 4 is 11.6 Å². The lowest BCUT2D eigenvalue weighted by molar-refractivity contribution is 0.0964. The van der Waals surface area contributed by atoms with Crippen molar-refractivity contribution < 1.29 is 4.79 Å². The average molecular weight is 250 g/mol. The summed E-state index contributed by atoms with van der Waals surface area (Å²) in [5.41, 5.74) is 3.83. The highest BCUT2D eigenvalue weighted by Crippen LogP contribution is 2.23. The van der Waals surface area contributed by atoms with Gasteiger partial charge in [-0.25, -0.2) is 0 Å². The Morgan fingerprint density at radius 1 is 0.947 bits per heavy atom. The number of hydrogen-bond acceptors (Lipinski definition) is 2. The van der Waals surface area contributed by atoms with Crippen molar-refractivity contribution in [1.29, 1.82) is 0 Å². The van der Waals surface area contributed by atoms with Crippen LogP contribution in [0.1, 0.15) is 21.5 Å². The van der Waals surface area contributed by atoms with Crippen molar-refractivity contribution in [3.63, 3.8) is 0 Å². The number of fused-ring (bicyclic) bond motifs is 1. The van der Waals surface area contributed by atoms with Gasteiger partial charge < -0.3 is 10.6 Å². The largest absolute Gasteiger partial charge is 0.342 e. The Labute approximate surface area is 112 Å². The van der Waals surface area contributed by atoms with E-state index in [4.69, 9.17) is 0 Å². The van der Waals surface area contributed by atoms with Crippen LogP contribution < -0.4 is 10.6 Å². The molecule has 2 N–H and O–H groups in total. The maximum absolute atomic E-state index is 11.9. The molecular weight excluding hydrogens is 236 g/mol. The fourth-order valence-electron chi connectivity index (χ4n) is 2.23. The molecule has 0 bridgehead atoms. The summed E-state index contributed by atoms with van der Waals surface area (Å²) in [5.74, 6) is 0.418. The molecule has 19 heavy (non-hydrogen) atoms. The van der Waals surface area contributed by atoms with Crippen LogP contribution in [0.4, 0.5) is 5.69 Å². The minimum absolute atomic E-state index is 0.103. The fraction of sp³-hybridized carbons (Fsp3) is 0.0625. The van der Waals surface area contributed by atoms with Gasteiger partial charge in [-0.1, -0.05) is 43.0 Å². The highest BCUT2D eigenvalue weighted by molar-refractivity contribution is 6.03. The molecule has 1 heterocycles. The molecule has 0 fully saturated rings. The van der Waals surface area contributed by atoms with Crippen molar-refractivity contribution in [1.82, 2.24) is 5.32 Å². The van der Waals surface area contributed by atoms with Crippen LogP contribution in [0.3, 0.4) is 0 Å². The lowest BCUT2D eigenvalue weighted by Gasteiger charge is -2.21. The van der Waals surface area contributed by atoms with E-state index in [0.717, 1.165) is 17.7 Å². The number of carbonyl (C=O) groups is 1. The van der Waals surface area contributed by atoms with E-state index in [0.29, 0.717) is 11.4 Å². The molecule has 0 atom stereocenters. The molecule has 0 saturated heterocycles. The molecule has 0 spiro atoms. The van der Waals surface area contributed by atoms with Crippen LogP contribution in [0.15, 0.2) is 60.9 Å². The average Bonchev–Trinajstić information content (AvgIpc) is 2.40. The van der Waals surface area contributed by atoms with Crippen molar-refractivity contribution in [2.45, 2.75) is 6.42 Å². The van der Waals surface area contributed by atoms with Crippen LogP contribution in [-0.2, 0) is 6.42 Å². The van der Waals surface area contributed by atoms with Gasteiger partial charge in [-0.3, -0.25) is 4.79 Å². The third kappa shape index (κ3) is 2.36. The van der Waals surface area contributed by atoms with E-state index in [1.165, 1.54) is 5.56 Å². The number of nitrogens with one attached hydrogen (secondary N) is 2. The summed E-state index contributed by atoms with van der Waals surface area (Å²) in [4.78, 5) is 11.9. The van der Waals surface area contributed by atoms with Gasteiger partial charge in [0.25, 0.3) is 5.91 Å². The maximum atomic E-state index is 11.9. The van der Waals surface area contributed by atoms with Gasteiger partial charge >= 0.3 is 0 Å². The summed E-state index contributed by atoms with van der Waals surface area (Å²) >= 11 is 0. The van der Waals surface area contributed by atoms with Gasteiger partial charge in [0.15, 0.2) is 0 Å². The van der Waals surface area contributed by atoms with Crippen LogP contribution in [0, 0.1) is 0 Å². The molecule has 1 amide bonds. The Morgan fingerprint density at radius 3 is 2.53 bits per heavy atom. The molecule has 0 radical (unpaired) electrons. The van der Waals surface area contributed by atoms with Crippen LogP contribution >= 0.6 is 0 Å². The molecule has 1 aliphatic heterocycles.